The Hall–Kier alpha value is -4.62. The molecule has 4 aromatic rings. The molecule has 0 spiro atoms. The van der Waals surface area contributed by atoms with Crippen LogP contribution in [0.25, 0.3) is 17.4 Å². The third kappa shape index (κ3) is 6.74. The zero-order valence-corrected chi connectivity index (χ0v) is 21.1. The van der Waals surface area contributed by atoms with Crippen molar-refractivity contribution in [1.29, 1.82) is 0 Å². The fraction of sp³-hybridized carbons (Fsp3) is 0.0690. The Balaban J connectivity index is 1.51. The first-order valence-electron chi connectivity index (χ1n) is 11.4. The molecule has 0 bridgehead atoms. The lowest BCUT2D eigenvalue weighted by Crippen LogP contribution is -2.32. The quantitative estimate of drug-likeness (QED) is 0.183. The molecule has 0 atom stereocenters. The SMILES string of the molecule is CN(C)c1ccc(/C=C(\NC(=O)c2ccccc2)C(=O)N/N=C\c2ccc(-c3ccccc3Cl)o2)cc1. The number of nitrogens with zero attached hydrogens (tertiary/aromatic N) is 2. The molecule has 186 valence electrons. The van der Waals surface area contributed by atoms with Crippen molar-refractivity contribution in [3.63, 3.8) is 0 Å². The van der Waals surface area contributed by atoms with Crippen molar-refractivity contribution in [2.24, 2.45) is 5.10 Å². The van der Waals surface area contributed by atoms with E-state index < -0.39 is 11.8 Å². The summed E-state index contributed by atoms with van der Waals surface area (Å²) in [6, 6.07) is 27.0. The van der Waals surface area contributed by atoms with Crippen molar-refractivity contribution in [3.05, 3.63) is 119 Å². The molecule has 0 saturated heterocycles. The monoisotopic (exact) mass is 512 g/mol. The molecule has 0 aliphatic carbocycles. The first-order valence-corrected chi connectivity index (χ1v) is 11.8. The van der Waals surface area contributed by atoms with Gasteiger partial charge in [0.1, 0.15) is 17.2 Å². The van der Waals surface area contributed by atoms with E-state index in [0.29, 0.717) is 22.1 Å². The second-order valence-corrected chi connectivity index (χ2v) is 8.65. The van der Waals surface area contributed by atoms with E-state index >= 15 is 0 Å². The minimum Gasteiger partial charge on any atom is -0.455 e. The summed E-state index contributed by atoms with van der Waals surface area (Å²) in [5.41, 5.74) is 5.42. The molecule has 8 heteroatoms. The van der Waals surface area contributed by atoms with E-state index in [-0.39, 0.29) is 5.70 Å². The number of carbonyl (C=O) groups excluding carboxylic acids is 2. The van der Waals surface area contributed by atoms with Crippen molar-refractivity contribution in [2.45, 2.75) is 0 Å². The van der Waals surface area contributed by atoms with Crippen LogP contribution in [0.15, 0.2) is 106 Å². The zero-order chi connectivity index (χ0) is 26.2. The first kappa shape index (κ1) is 25.5. The van der Waals surface area contributed by atoms with E-state index in [1.54, 1.807) is 48.5 Å². The molecule has 1 aromatic heterocycles. The molecule has 0 radical (unpaired) electrons. The fourth-order valence-electron chi connectivity index (χ4n) is 3.42. The average molecular weight is 513 g/mol. The summed E-state index contributed by atoms with van der Waals surface area (Å²) in [7, 11) is 3.89. The fourth-order valence-corrected chi connectivity index (χ4v) is 3.65. The second-order valence-electron chi connectivity index (χ2n) is 8.25. The average Bonchev–Trinajstić information content (AvgIpc) is 3.38. The lowest BCUT2D eigenvalue weighted by Gasteiger charge is -2.12. The highest BCUT2D eigenvalue weighted by molar-refractivity contribution is 6.33. The van der Waals surface area contributed by atoms with Gasteiger partial charge in [-0.3, -0.25) is 9.59 Å². The summed E-state index contributed by atoms with van der Waals surface area (Å²) >= 11 is 6.23. The Morgan fingerprint density at radius 2 is 1.59 bits per heavy atom. The summed E-state index contributed by atoms with van der Waals surface area (Å²) in [6.07, 6.45) is 2.97. The topological polar surface area (TPSA) is 86.9 Å². The van der Waals surface area contributed by atoms with Gasteiger partial charge in [0.15, 0.2) is 0 Å². The van der Waals surface area contributed by atoms with Gasteiger partial charge >= 0.3 is 0 Å². The van der Waals surface area contributed by atoms with E-state index in [1.165, 1.54) is 6.21 Å². The van der Waals surface area contributed by atoms with Crippen molar-refractivity contribution in [3.8, 4) is 11.3 Å². The first-order chi connectivity index (χ1) is 17.9. The van der Waals surface area contributed by atoms with Gasteiger partial charge in [0.2, 0.25) is 0 Å². The highest BCUT2D eigenvalue weighted by Crippen LogP contribution is 2.28. The van der Waals surface area contributed by atoms with Gasteiger partial charge in [-0.05, 0) is 60.2 Å². The maximum atomic E-state index is 13.0. The van der Waals surface area contributed by atoms with Crippen molar-refractivity contribution in [2.75, 3.05) is 19.0 Å². The van der Waals surface area contributed by atoms with Gasteiger partial charge in [-0.2, -0.15) is 5.10 Å². The number of carbonyl (C=O) groups is 2. The molecule has 3 aromatic carbocycles. The molecule has 0 unspecified atom stereocenters. The lowest BCUT2D eigenvalue weighted by molar-refractivity contribution is -0.117. The minimum atomic E-state index is -0.588. The van der Waals surface area contributed by atoms with E-state index in [0.717, 1.165) is 16.8 Å². The van der Waals surface area contributed by atoms with E-state index in [2.05, 4.69) is 15.8 Å². The predicted molar refractivity (Wildman–Crippen MR) is 148 cm³/mol. The number of furan rings is 1. The van der Waals surface area contributed by atoms with Crippen LogP contribution in [-0.2, 0) is 4.79 Å². The Bertz CT molecular complexity index is 1440. The number of halogens is 1. The Morgan fingerprint density at radius 3 is 2.30 bits per heavy atom. The van der Waals surface area contributed by atoms with Crippen LogP contribution in [0.5, 0.6) is 0 Å². The van der Waals surface area contributed by atoms with Crippen LogP contribution in [0.2, 0.25) is 5.02 Å². The normalized spacial score (nSPS) is 11.4. The van der Waals surface area contributed by atoms with Crippen LogP contribution in [0, 0.1) is 0 Å². The summed E-state index contributed by atoms with van der Waals surface area (Å²) < 4.78 is 5.77. The molecule has 7 nitrogen and oxygen atoms in total. The highest BCUT2D eigenvalue weighted by Gasteiger charge is 2.14. The number of amides is 2. The van der Waals surface area contributed by atoms with Crippen LogP contribution in [-0.4, -0.2) is 32.1 Å². The number of hydrogen-bond acceptors (Lipinski definition) is 5. The van der Waals surface area contributed by atoms with Gasteiger partial charge < -0.3 is 14.6 Å². The number of benzene rings is 3. The van der Waals surface area contributed by atoms with Crippen LogP contribution in [0.4, 0.5) is 5.69 Å². The van der Waals surface area contributed by atoms with Crippen molar-refractivity contribution >= 4 is 41.4 Å². The van der Waals surface area contributed by atoms with E-state index in [1.807, 2.05) is 67.5 Å². The van der Waals surface area contributed by atoms with Crippen LogP contribution < -0.4 is 15.6 Å². The number of hydrazone groups is 1. The van der Waals surface area contributed by atoms with Crippen LogP contribution >= 0.6 is 11.6 Å². The molecule has 37 heavy (non-hydrogen) atoms. The molecule has 2 amide bonds. The van der Waals surface area contributed by atoms with Gasteiger partial charge in [-0.1, -0.05) is 54.1 Å². The Kier molecular flexibility index (Phi) is 8.18. The number of rotatable bonds is 8. The maximum Gasteiger partial charge on any atom is 0.287 e. The van der Waals surface area contributed by atoms with Gasteiger partial charge in [0.25, 0.3) is 11.8 Å². The van der Waals surface area contributed by atoms with Crippen molar-refractivity contribution in [1.82, 2.24) is 10.7 Å². The molecule has 0 aliphatic heterocycles. The summed E-state index contributed by atoms with van der Waals surface area (Å²) in [6.45, 7) is 0. The number of anilines is 1. The minimum absolute atomic E-state index is 0.0415. The molecule has 0 aliphatic rings. The van der Waals surface area contributed by atoms with Gasteiger partial charge in [-0.25, -0.2) is 5.43 Å². The lowest BCUT2D eigenvalue weighted by atomic mass is 10.1. The molecule has 0 saturated carbocycles. The zero-order valence-electron chi connectivity index (χ0n) is 20.3. The molecular weight excluding hydrogens is 488 g/mol. The Morgan fingerprint density at radius 1 is 0.892 bits per heavy atom. The van der Waals surface area contributed by atoms with Gasteiger partial charge in [-0.15, -0.1) is 0 Å². The number of nitrogens with one attached hydrogen (secondary N) is 2. The van der Waals surface area contributed by atoms with E-state index in [4.69, 9.17) is 16.0 Å². The highest BCUT2D eigenvalue weighted by atomic mass is 35.5. The third-order valence-corrected chi connectivity index (χ3v) is 5.70. The molecule has 4 rings (SSSR count). The largest absolute Gasteiger partial charge is 0.455 e. The summed E-state index contributed by atoms with van der Waals surface area (Å²) in [4.78, 5) is 27.7. The summed E-state index contributed by atoms with van der Waals surface area (Å²) in [5.74, 6) is 0.00464. The molecular formula is C29H25ClN4O3. The molecule has 2 N–H and O–H groups in total. The van der Waals surface area contributed by atoms with E-state index in [9.17, 15) is 9.59 Å². The number of hydrogen-bond donors (Lipinski definition) is 2. The van der Waals surface area contributed by atoms with Crippen LogP contribution in [0.1, 0.15) is 21.7 Å². The standard InChI is InChI=1S/C29H25ClN4O3/c1-34(2)22-14-12-20(13-15-22)18-26(32-28(35)21-8-4-3-5-9-21)29(36)33-31-19-23-16-17-27(37-23)24-10-6-7-11-25(24)30/h3-19H,1-2H3,(H,32,35)(H,33,36)/b26-18-,31-19-. The van der Waals surface area contributed by atoms with Gasteiger partial charge in [0, 0.05) is 30.9 Å². The second kappa shape index (κ2) is 11.9. The Labute approximate surface area is 220 Å². The smallest absolute Gasteiger partial charge is 0.287 e. The molecule has 0 fully saturated rings. The van der Waals surface area contributed by atoms with Gasteiger partial charge in [0.05, 0.1) is 11.2 Å². The van der Waals surface area contributed by atoms with Crippen molar-refractivity contribution < 1.29 is 14.0 Å². The molecule has 1 heterocycles. The van der Waals surface area contributed by atoms with Crippen LogP contribution in [0.3, 0.4) is 0 Å². The maximum absolute atomic E-state index is 13.0. The summed E-state index contributed by atoms with van der Waals surface area (Å²) in [5, 5.41) is 7.25. The predicted octanol–water partition coefficient (Wildman–Crippen LogP) is 5.59. The third-order valence-electron chi connectivity index (χ3n) is 5.37.